The molecule has 0 saturated carbocycles. The Morgan fingerprint density at radius 1 is 0.889 bits per heavy atom. The fourth-order valence-electron chi connectivity index (χ4n) is 4.46. The number of ether oxygens (including phenoxy) is 2. The Bertz CT molecular complexity index is 1570. The number of benzene rings is 4. The summed E-state index contributed by atoms with van der Waals surface area (Å²) < 4.78 is 16.8. The number of fused-ring (bicyclic) bond motifs is 2. The zero-order valence-corrected chi connectivity index (χ0v) is 20.5. The van der Waals surface area contributed by atoms with Crippen LogP contribution in [0.2, 0.25) is 0 Å². The van der Waals surface area contributed by atoms with E-state index in [4.69, 9.17) is 13.9 Å². The Balaban J connectivity index is 1.46. The lowest BCUT2D eigenvalue weighted by atomic mass is 9.96. The van der Waals surface area contributed by atoms with E-state index in [1.54, 1.807) is 26.6 Å². The molecule has 36 heavy (non-hydrogen) atoms. The van der Waals surface area contributed by atoms with Crippen LogP contribution in [0.5, 0.6) is 11.5 Å². The van der Waals surface area contributed by atoms with Gasteiger partial charge in [0.15, 0.2) is 0 Å². The van der Waals surface area contributed by atoms with E-state index in [-0.39, 0.29) is 5.91 Å². The lowest BCUT2D eigenvalue weighted by Gasteiger charge is -2.11. The van der Waals surface area contributed by atoms with Crippen LogP contribution < -0.4 is 14.8 Å². The Kier molecular flexibility index (Phi) is 6.46. The van der Waals surface area contributed by atoms with Gasteiger partial charge in [-0.05, 0) is 52.6 Å². The Hall–Kier alpha value is -4.51. The topological polar surface area (TPSA) is 60.7 Å². The van der Waals surface area contributed by atoms with Crippen molar-refractivity contribution in [1.82, 2.24) is 5.32 Å². The summed E-state index contributed by atoms with van der Waals surface area (Å²) in [4.78, 5) is 12.7. The van der Waals surface area contributed by atoms with Crippen molar-refractivity contribution >= 4 is 33.2 Å². The standard InChI is InChI=1S/C31H27NO4/c1-20(15-31(33)32-18-21-11-13-23(34-2)14-12-21)26-16-27-28(19-36-30(27)17-29(26)35-3)25-10-6-8-22-7-4-5-9-24(22)25/h4-17,19H,18H2,1-3H3,(H,32,33)/b20-15+. The van der Waals surface area contributed by atoms with Gasteiger partial charge in [0, 0.05) is 35.2 Å². The first-order valence-corrected chi connectivity index (χ1v) is 11.7. The number of hydrogen-bond acceptors (Lipinski definition) is 4. The lowest BCUT2D eigenvalue weighted by molar-refractivity contribution is -0.116. The molecule has 5 nitrogen and oxygen atoms in total. The molecular formula is C31H27NO4. The molecule has 4 aromatic carbocycles. The van der Waals surface area contributed by atoms with E-state index in [0.717, 1.165) is 49.9 Å². The normalized spacial score (nSPS) is 11.6. The van der Waals surface area contributed by atoms with Crippen molar-refractivity contribution in [3.63, 3.8) is 0 Å². The second kappa shape index (κ2) is 10.0. The van der Waals surface area contributed by atoms with Gasteiger partial charge in [-0.3, -0.25) is 4.79 Å². The molecule has 0 bridgehead atoms. The van der Waals surface area contributed by atoms with Crippen molar-refractivity contribution in [2.45, 2.75) is 13.5 Å². The number of carbonyl (C=O) groups is 1. The highest BCUT2D eigenvalue weighted by molar-refractivity contribution is 6.06. The molecule has 0 aliphatic rings. The van der Waals surface area contributed by atoms with Gasteiger partial charge in [-0.1, -0.05) is 54.6 Å². The summed E-state index contributed by atoms with van der Waals surface area (Å²) in [6.45, 7) is 2.34. The van der Waals surface area contributed by atoms with Crippen LogP contribution in [-0.4, -0.2) is 20.1 Å². The monoisotopic (exact) mass is 477 g/mol. The van der Waals surface area contributed by atoms with E-state index in [1.807, 2.05) is 55.5 Å². The van der Waals surface area contributed by atoms with Crippen LogP contribution in [0, 0.1) is 0 Å². The highest BCUT2D eigenvalue weighted by atomic mass is 16.5. The number of methoxy groups -OCH3 is 2. The van der Waals surface area contributed by atoms with Crippen LogP contribution in [0.4, 0.5) is 0 Å². The first-order valence-electron chi connectivity index (χ1n) is 11.7. The summed E-state index contributed by atoms with van der Waals surface area (Å²) in [5.41, 5.74) is 5.46. The molecule has 0 unspecified atom stereocenters. The van der Waals surface area contributed by atoms with Gasteiger partial charge in [0.1, 0.15) is 17.1 Å². The Morgan fingerprint density at radius 2 is 1.67 bits per heavy atom. The number of nitrogens with one attached hydrogen (secondary N) is 1. The zero-order chi connectivity index (χ0) is 25.1. The Labute approximate surface area is 210 Å². The quantitative estimate of drug-likeness (QED) is 0.257. The smallest absolute Gasteiger partial charge is 0.244 e. The second-order valence-electron chi connectivity index (χ2n) is 8.62. The predicted molar refractivity (Wildman–Crippen MR) is 144 cm³/mol. The molecule has 1 aromatic heterocycles. The fraction of sp³-hybridized carbons (Fsp3) is 0.129. The molecule has 0 aliphatic carbocycles. The molecular weight excluding hydrogens is 450 g/mol. The van der Waals surface area contributed by atoms with E-state index >= 15 is 0 Å². The number of carbonyl (C=O) groups excluding carboxylic acids is 1. The van der Waals surface area contributed by atoms with Gasteiger partial charge in [-0.15, -0.1) is 0 Å². The molecule has 0 spiro atoms. The molecule has 0 fully saturated rings. The van der Waals surface area contributed by atoms with E-state index in [9.17, 15) is 4.79 Å². The number of hydrogen-bond donors (Lipinski definition) is 1. The van der Waals surface area contributed by atoms with Crippen LogP contribution >= 0.6 is 0 Å². The van der Waals surface area contributed by atoms with Gasteiger partial charge in [-0.2, -0.15) is 0 Å². The van der Waals surface area contributed by atoms with Crippen molar-refractivity contribution in [2.75, 3.05) is 14.2 Å². The van der Waals surface area contributed by atoms with Gasteiger partial charge >= 0.3 is 0 Å². The average Bonchev–Trinajstić information content (AvgIpc) is 3.33. The van der Waals surface area contributed by atoms with E-state index in [1.165, 1.54) is 5.39 Å². The first kappa shape index (κ1) is 23.2. The minimum atomic E-state index is -0.174. The molecule has 1 amide bonds. The molecule has 0 atom stereocenters. The maximum absolute atomic E-state index is 12.7. The maximum atomic E-state index is 12.7. The minimum absolute atomic E-state index is 0.174. The van der Waals surface area contributed by atoms with Crippen molar-refractivity contribution in [3.8, 4) is 22.6 Å². The summed E-state index contributed by atoms with van der Waals surface area (Å²) in [6.07, 6.45) is 3.39. The third-order valence-corrected chi connectivity index (χ3v) is 6.37. The van der Waals surface area contributed by atoms with Crippen LogP contribution in [0.3, 0.4) is 0 Å². The van der Waals surface area contributed by atoms with Gasteiger partial charge in [0.05, 0.1) is 20.5 Å². The van der Waals surface area contributed by atoms with Crippen LogP contribution in [0.25, 0.3) is 38.4 Å². The highest BCUT2D eigenvalue weighted by Crippen LogP contribution is 2.39. The third kappa shape index (κ3) is 4.56. The summed E-state index contributed by atoms with van der Waals surface area (Å²) >= 11 is 0. The van der Waals surface area contributed by atoms with Gasteiger partial charge < -0.3 is 19.2 Å². The van der Waals surface area contributed by atoms with Gasteiger partial charge in [0.2, 0.25) is 5.91 Å². The van der Waals surface area contributed by atoms with E-state index in [0.29, 0.717) is 12.3 Å². The number of amides is 1. The summed E-state index contributed by atoms with van der Waals surface area (Å²) in [5, 5.41) is 6.24. The lowest BCUT2D eigenvalue weighted by Crippen LogP contribution is -2.20. The molecule has 1 heterocycles. The van der Waals surface area contributed by atoms with Gasteiger partial charge in [-0.25, -0.2) is 0 Å². The van der Waals surface area contributed by atoms with Crippen molar-refractivity contribution < 1.29 is 18.7 Å². The maximum Gasteiger partial charge on any atom is 0.244 e. The van der Waals surface area contributed by atoms with Crippen molar-refractivity contribution in [2.24, 2.45) is 0 Å². The number of allylic oxidation sites excluding steroid dienone is 1. The van der Waals surface area contributed by atoms with Crippen LogP contribution in [0.1, 0.15) is 18.1 Å². The molecule has 1 N–H and O–H groups in total. The second-order valence-corrected chi connectivity index (χ2v) is 8.62. The van der Waals surface area contributed by atoms with Crippen molar-refractivity contribution in [3.05, 3.63) is 102 Å². The largest absolute Gasteiger partial charge is 0.497 e. The predicted octanol–water partition coefficient (Wildman–Crippen LogP) is 6.99. The third-order valence-electron chi connectivity index (χ3n) is 6.37. The fourth-order valence-corrected chi connectivity index (χ4v) is 4.46. The van der Waals surface area contributed by atoms with Gasteiger partial charge in [0.25, 0.3) is 0 Å². The van der Waals surface area contributed by atoms with E-state index in [2.05, 4.69) is 35.6 Å². The molecule has 5 rings (SSSR count). The molecule has 0 saturated heterocycles. The number of furan rings is 1. The molecule has 5 aromatic rings. The summed E-state index contributed by atoms with van der Waals surface area (Å²) in [6, 6.07) is 26.1. The Morgan fingerprint density at radius 3 is 2.44 bits per heavy atom. The molecule has 5 heteroatoms. The molecule has 0 radical (unpaired) electrons. The van der Waals surface area contributed by atoms with Crippen LogP contribution in [-0.2, 0) is 11.3 Å². The van der Waals surface area contributed by atoms with Crippen LogP contribution in [0.15, 0.2) is 95.6 Å². The molecule has 0 aliphatic heterocycles. The highest BCUT2D eigenvalue weighted by Gasteiger charge is 2.16. The first-order chi connectivity index (χ1) is 17.6. The van der Waals surface area contributed by atoms with E-state index < -0.39 is 0 Å². The molecule has 180 valence electrons. The average molecular weight is 478 g/mol. The summed E-state index contributed by atoms with van der Waals surface area (Å²) in [5.74, 6) is 1.26. The summed E-state index contributed by atoms with van der Waals surface area (Å²) in [7, 11) is 3.25. The van der Waals surface area contributed by atoms with Crippen molar-refractivity contribution in [1.29, 1.82) is 0 Å². The number of rotatable bonds is 7. The SMILES string of the molecule is COc1ccc(CNC(=O)/C=C(\C)c2cc3c(-c4cccc5ccccc45)coc3cc2OC)cc1. The zero-order valence-electron chi connectivity index (χ0n) is 20.5. The minimum Gasteiger partial charge on any atom is -0.497 e.